The summed E-state index contributed by atoms with van der Waals surface area (Å²) >= 11 is 0. The van der Waals surface area contributed by atoms with Gasteiger partial charge >= 0.3 is 6.18 Å². The average molecular weight is 286 g/mol. The van der Waals surface area contributed by atoms with Crippen molar-refractivity contribution < 1.29 is 23.4 Å². The van der Waals surface area contributed by atoms with Crippen LogP contribution >= 0.6 is 0 Å². The summed E-state index contributed by atoms with van der Waals surface area (Å²) in [7, 11) is 0. The first-order valence-electron chi connectivity index (χ1n) is 5.89. The lowest BCUT2D eigenvalue weighted by Crippen LogP contribution is -2.19. The molecule has 0 amide bonds. The van der Waals surface area contributed by atoms with Crippen LogP contribution in [-0.4, -0.2) is 32.5 Å². The van der Waals surface area contributed by atoms with Crippen LogP contribution in [0.15, 0.2) is 36.7 Å². The fourth-order valence-corrected chi connectivity index (χ4v) is 1.81. The van der Waals surface area contributed by atoms with Crippen molar-refractivity contribution in [3.8, 4) is 11.4 Å². The Morgan fingerprint density at radius 3 is 2.40 bits per heavy atom. The number of aliphatic hydroxyl groups excluding tert-OH is 2. The molecule has 2 rings (SSSR count). The van der Waals surface area contributed by atoms with Gasteiger partial charge in [-0.15, -0.1) is 0 Å². The number of rotatable bonds is 4. The Bertz CT molecular complexity index is 564. The molecule has 0 saturated heterocycles. The summed E-state index contributed by atoms with van der Waals surface area (Å²) in [5.41, 5.74) is -0.220. The molecule has 1 unspecified atom stereocenters. The van der Waals surface area contributed by atoms with E-state index >= 15 is 0 Å². The smallest absolute Gasteiger partial charge is 0.394 e. The maximum absolute atomic E-state index is 12.5. The highest BCUT2D eigenvalue weighted by Gasteiger charge is 2.30. The third-order valence-corrected chi connectivity index (χ3v) is 2.80. The topological polar surface area (TPSA) is 58.3 Å². The standard InChI is InChI=1S/C13H13F3N2O2/c14-13(15,16)10-3-1-9(2-4-10)12-17-5-6-18(12)7-11(20)8-19/h1-6,11,19-20H,7-8H2. The highest BCUT2D eigenvalue weighted by molar-refractivity contribution is 5.56. The second-order valence-corrected chi connectivity index (χ2v) is 4.31. The zero-order valence-electron chi connectivity index (χ0n) is 10.4. The molecule has 0 bridgehead atoms. The normalized spacial score (nSPS) is 13.4. The molecule has 7 heteroatoms. The molecule has 2 N–H and O–H groups in total. The van der Waals surface area contributed by atoms with Gasteiger partial charge in [0.25, 0.3) is 0 Å². The van der Waals surface area contributed by atoms with E-state index in [9.17, 15) is 18.3 Å². The van der Waals surface area contributed by atoms with Crippen LogP contribution in [0.25, 0.3) is 11.4 Å². The third-order valence-electron chi connectivity index (χ3n) is 2.80. The molecular formula is C13H13F3N2O2. The van der Waals surface area contributed by atoms with E-state index in [1.807, 2.05) is 0 Å². The van der Waals surface area contributed by atoms with Gasteiger partial charge in [0.1, 0.15) is 5.82 Å². The van der Waals surface area contributed by atoms with Gasteiger partial charge in [-0.05, 0) is 12.1 Å². The summed E-state index contributed by atoms with van der Waals surface area (Å²) in [6.07, 6.45) is -2.25. The number of aliphatic hydroxyl groups is 2. The molecule has 108 valence electrons. The molecular weight excluding hydrogens is 273 g/mol. The predicted molar refractivity (Wildman–Crippen MR) is 65.8 cm³/mol. The monoisotopic (exact) mass is 286 g/mol. The van der Waals surface area contributed by atoms with Crippen LogP contribution in [0.1, 0.15) is 5.56 Å². The minimum atomic E-state index is -4.37. The Morgan fingerprint density at radius 2 is 1.85 bits per heavy atom. The third kappa shape index (κ3) is 3.17. The van der Waals surface area contributed by atoms with Crippen molar-refractivity contribution in [1.82, 2.24) is 9.55 Å². The Labute approximate surface area is 113 Å². The molecule has 0 spiro atoms. The first-order valence-corrected chi connectivity index (χ1v) is 5.89. The molecule has 1 aromatic heterocycles. The molecule has 20 heavy (non-hydrogen) atoms. The van der Waals surface area contributed by atoms with Crippen LogP contribution in [0, 0.1) is 0 Å². The molecule has 0 fully saturated rings. The van der Waals surface area contributed by atoms with Crippen molar-refractivity contribution in [2.75, 3.05) is 6.61 Å². The number of hydrogen-bond acceptors (Lipinski definition) is 3. The Kier molecular flexibility index (Phi) is 4.10. The van der Waals surface area contributed by atoms with Crippen molar-refractivity contribution in [2.45, 2.75) is 18.8 Å². The zero-order chi connectivity index (χ0) is 14.8. The summed E-state index contributed by atoms with van der Waals surface area (Å²) in [6.45, 7) is -0.280. The van der Waals surface area contributed by atoms with Crippen LogP contribution < -0.4 is 0 Å². The number of alkyl halides is 3. The largest absolute Gasteiger partial charge is 0.416 e. The van der Waals surface area contributed by atoms with Gasteiger partial charge in [0.05, 0.1) is 24.8 Å². The highest BCUT2D eigenvalue weighted by Crippen LogP contribution is 2.30. The SMILES string of the molecule is OCC(O)Cn1ccnc1-c1ccc(C(F)(F)F)cc1. The summed E-state index contributed by atoms with van der Waals surface area (Å²) in [5.74, 6) is 0.436. The van der Waals surface area contributed by atoms with Gasteiger partial charge in [0.15, 0.2) is 0 Å². The molecule has 2 aromatic rings. The van der Waals surface area contributed by atoms with Crippen molar-refractivity contribution in [3.63, 3.8) is 0 Å². The quantitative estimate of drug-likeness (QED) is 0.903. The van der Waals surface area contributed by atoms with Crippen molar-refractivity contribution in [2.24, 2.45) is 0 Å². The van der Waals surface area contributed by atoms with Crippen molar-refractivity contribution in [1.29, 1.82) is 0 Å². The molecule has 1 atom stereocenters. The summed E-state index contributed by atoms with van der Waals surface area (Å²) in [6, 6.07) is 4.62. The fraction of sp³-hybridized carbons (Fsp3) is 0.308. The second kappa shape index (κ2) is 5.64. The Morgan fingerprint density at radius 1 is 1.20 bits per heavy atom. The molecule has 0 aliphatic carbocycles. The molecule has 0 radical (unpaired) electrons. The predicted octanol–water partition coefficient (Wildman–Crippen LogP) is 1.92. The number of benzene rings is 1. The van der Waals surface area contributed by atoms with E-state index in [0.717, 1.165) is 12.1 Å². The van der Waals surface area contributed by atoms with Gasteiger partial charge in [-0.2, -0.15) is 13.2 Å². The summed E-state index contributed by atoms with van der Waals surface area (Å²) < 4.78 is 39.0. The Balaban J connectivity index is 2.26. The maximum atomic E-state index is 12.5. The number of aromatic nitrogens is 2. The van der Waals surface area contributed by atoms with Gasteiger partial charge < -0.3 is 14.8 Å². The molecule has 4 nitrogen and oxygen atoms in total. The highest BCUT2D eigenvalue weighted by atomic mass is 19.4. The van der Waals surface area contributed by atoms with Crippen LogP contribution in [-0.2, 0) is 12.7 Å². The van der Waals surface area contributed by atoms with Crippen LogP contribution in [0.2, 0.25) is 0 Å². The van der Waals surface area contributed by atoms with Gasteiger partial charge in [-0.1, -0.05) is 12.1 Å². The first kappa shape index (κ1) is 14.5. The number of hydrogen-bond donors (Lipinski definition) is 2. The van der Waals surface area contributed by atoms with Gasteiger partial charge in [0.2, 0.25) is 0 Å². The van der Waals surface area contributed by atoms with Crippen LogP contribution in [0.4, 0.5) is 13.2 Å². The van der Waals surface area contributed by atoms with Crippen molar-refractivity contribution in [3.05, 3.63) is 42.2 Å². The van der Waals surface area contributed by atoms with Crippen LogP contribution in [0.5, 0.6) is 0 Å². The minimum Gasteiger partial charge on any atom is -0.394 e. The van der Waals surface area contributed by atoms with E-state index in [1.165, 1.54) is 18.3 Å². The summed E-state index contributed by atoms with van der Waals surface area (Å²) in [5, 5.41) is 18.2. The lowest BCUT2D eigenvalue weighted by Gasteiger charge is -2.12. The first-order chi connectivity index (χ1) is 9.41. The van der Waals surface area contributed by atoms with Gasteiger partial charge in [-0.3, -0.25) is 0 Å². The number of halogens is 3. The zero-order valence-corrected chi connectivity index (χ0v) is 10.4. The van der Waals surface area contributed by atoms with E-state index in [1.54, 1.807) is 10.8 Å². The lowest BCUT2D eigenvalue weighted by atomic mass is 10.1. The van der Waals surface area contributed by atoms with E-state index in [2.05, 4.69) is 4.98 Å². The van der Waals surface area contributed by atoms with Gasteiger partial charge in [0, 0.05) is 18.0 Å². The van der Waals surface area contributed by atoms with E-state index in [-0.39, 0.29) is 6.54 Å². The second-order valence-electron chi connectivity index (χ2n) is 4.31. The minimum absolute atomic E-state index is 0.118. The van der Waals surface area contributed by atoms with Gasteiger partial charge in [-0.25, -0.2) is 4.98 Å². The molecule has 1 heterocycles. The fourth-order valence-electron chi connectivity index (χ4n) is 1.81. The van der Waals surface area contributed by atoms with Crippen molar-refractivity contribution >= 4 is 0 Å². The number of imidazole rings is 1. The van der Waals surface area contributed by atoms with E-state index in [4.69, 9.17) is 5.11 Å². The van der Waals surface area contributed by atoms with E-state index < -0.39 is 24.5 Å². The lowest BCUT2D eigenvalue weighted by molar-refractivity contribution is -0.137. The molecule has 1 aromatic carbocycles. The molecule has 0 saturated carbocycles. The van der Waals surface area contributed by atoms with Crippen LogP contribution in [0.3, 0.4) is 0 Å². The van der Waals surface area contributed by atoms with E-state index in [0.29, 0.717) is 11.4 Å². The average Bonchev–Trinajstić information content (AvgIpc) is 2.86. The molecule has 0 aliphatic heterocycles. The Hall–Kier alpha value is -1.86. The summed E-state index contributed by atoms with van der Waals surface area (Å²) in [4.78, 5) is 4.05. The maximum Gasteiger partial charge on any atom is 0.416 e. The number of nitrogens with zero attached hydrogens (tertiary/aromatic N) is 2. The molecule has 0 aliphatic rings.